The van der Waals surface area contributed by atoms with Gasteiger partial charge in [0.05, 0.1) is 22.7 Å². The maximum Gasteiger partial charge on any atom is 0.339 e. The van der Waals surface area contributed by atoms with Gasteiger partial charge in [0.15, 0.2) is 0 Å². The standard InChI is InChI=1S/C31H28N4O9S/c1-17-10-23(32-35-26-12-19(3)30(37)27(14-26)31(38)39)8-6-20(17)4-5-21-7-9-24(15-28(21)45(41,42)43)33-34-25-11-18(2)29(36)22(13-25)16-44-40/h4-15,36-37,40H,16H2,1-3H3,(H,38,39)(H,41,42,43)/b5-4+,34-33?,35-32?. The number of carbonyl (C=O) groups is 1. The van der Waals surface area contributed by atoms with Gasteiger partial charge in [-0.3, -0.25) is 9.81 Å². The van der Waals surface area contributed by atoms with Gasteiger partial charge < -0.3 is 15.3 Å². The van der Waals surface area contributed by atoms with Gasteiger partial charge in [-0.25, -0.2) is 9.68 Å². The fourth-order valence-corrected chi connectivity index (χ4v) is 5.02. The van der Waals surface area contributed by atoms with E-state index in [2.05, 4.69) is 25.3 Å². The second-order valence-corrected chi connectivity index (χ2v) is 11.4. The minimum absolute atomic E-state index is 0.0673. The molecule has 0 amide bonds. The third kappa shape index (κ3) is 8.01. The smallest absolute Gasteiger partial charge is 0.339 e. The zero-order valence-electron chi connectivity index (χ0n) is 24.2. The summed E-state index contributed by atoms with van der Waals surface area (Å²) in [6.07, 6.45) is 3.18. The number of hydrogen-bond acceptors (Lipinski definition) is 11. The number of azo groups is 2. The molecule has 0 fully saturated rings. The molecule has 0 radical (unpaired) electrons. The number of aryl methyl sites for hydroxylation is 3. The molecule has 0 saturated carbocycles. The Balaban J connectivity index is 1.57. The van der Waals surface area contributed by atoms with Gasteiger partial charge in [-0.05, 0) is 97.1 Å². The number of phenols is 2. The SMILES string of the molecule is Cc1cc(N=Nc2cc(C)c(O)c(C(=O)O)c2)ccc1/C=C/c1ccc(N=Nc2cc(C)c(O)c(COO)c2)cc1S(=O)(=O)O. The number of rotatable bonds is 10. The second-order valence-electron chi connectivity index (χ2n) is 9.98. The van der Waals surface area contributed by atoms with Crippen LogP contribution in [0, 0.1) is 20.8 Å². The lowest BCUT2D eigenvalue weighted by Gasteiger charge is -2.07. The minimum Gasteiger partial charge on any atom is -0.507 e. The van der Waals surface area contributed by atoms with Gasteiger partial charge in [0.2, 0.25) is 0 Å². The van der Waals surface area contributed by atoms with Crippen LogP contribution >= 0.6 is 0 Å². The number of aromatic carboxylic acids is 1. The van der Waals surface area contributed by atoms with Crippen LogP contribution in [0.4, 0.5) is 22.7 Å². The first-order valence-electron chi connectivity index (χ1n) is 13.2. The Bertz CT molecular complexity index is 1990. The van der Waals surface area contributed by atoms with Crippen molar-refractivity contribution in [1.82, 2.24) is 0 Å². The summed E-state index contributed by atoms with van der Waals surface area (Å²) in [5, 5.41) is 54.3. The third-order valence-electron chi connectivity index (χ3n) is 6.63. The fourth-order valence-electron chi connectivity index (χ4n) is 4.32. The van der Waals surface area contributed by atoms with Crippen LogP contribution in [0.3, 0.4) is 0 Å². The van der Waals surface area contributed by atoms with E-state index in [9.17, 15) is 33.1 Å². The monoisotopic (exact) mass is 632 g/mol. The highest BCUT2D eigenvalue weighted by Crippen LogP contribution is 2.32. The second kappa shape index (κ2) is 13.6. The molecule has 0 saturated heterocycles. The molecule has 5 N–H and O–H groups in total. The largest absolute Gasteiger partial charge is 0.507 e. The Morgan fingerprint density at radius 2 is 1.24 bits per heavy atom. The molecule has 0 heterocycles. The normalized spacial score (nSPS) is 12.1. The molecule has 45 heavy (non-hydrogen) atoms. The summed E-state index contributed by atoms with van der Waals surface area (Å²) < 4.78 is 34.3. The van der Waals surface area contributed by atoms with Crippen LogP contribution in [0.2, 0.25) is 0 Å². The molecule has 0 aliphatic carbocycles. The first-order valence-corrected chi connectivity index (χ1v) is 14.6. The van der Waals surface area contributed by atoms with Gasteiger partial charge in [-0.1, -0.05) is 24.3 Å². The van der Waals surface area contributed by atoms with Crippen molar-refractivity contribution in [1.29, 1.82) is 0 Å². The van der Waals surface area contributed by atoms with Crippen LogP contribution < -0.4 is 0 Å². The molecule has 13 nitrogen and oxygen atoms in total. The number of nitrogens with zero attached hydrogens (tertiary/aromatic N) is 4. The summed E-state index contributed by atoms with van der Waals surface area (Å²) in [7, 11) is -4.64. The van der Waals surface area contributed by atoms with E-state index in [4.69, 9.17) is 5.26 Å². The first kappa shape index (κ1) is 32.6. The molecular weight excluding hydrogens is 604 g/mol. The van der Waals surface area contributed by atoms with Crippen LogP contribution in [0.1, 0.15) is 43.7 Å². The molecule has 0 aliphatic rings. The Kier molecular flexibility index (Phi) is 9.84. The van der Waals surface area contributed by atoms with Gasteiger partial charge in [-0.2, -0.15) is 28.9 Å². The van der Waals surface area contributed by atoms with Gasteiger partial charge in [-0.15, -0.1) is 0 Å². The Morgan fingerprint density at radius 3 is 1.82 bits per heavy atom. The fraction of sp³-hybridized carbons (Fsp3) is 0.129. The van der Waals surface area contributed by atoms with Crippen LogP contribution in [-0.4, -0.2) is 39.5 Å². The van der Waals surface area contributed by atoms with Crippen molar-refractivity contribution in [2.24, 2.45) is 20.5 Å². The predicted molar refractivity (Wildman–Crippen MR) is 165 cm³/mol. The molecule has 0 spiro atoms. The van der Waals surface area contributed by atoms with Crippen molar-refractivity contribution in [3.8, 4) is 11.5 Å². The molecule has 0 aliphatic heterocycles. The van der Waals surface area contributed by atoms with Crippen molar-refractivity contribution in [3.63, 3.8) is 0 Å². The van der Waals surface area contributed by atoms with E-state index < -0.39 is 16.1 Å². The average molecular weight is 633 g/mol. The highest BCUT2D eigenvalue weighted by Gasteiger charge is 2.16. The van der Waals surface area contributed by atoms with E-state index >= 15 is 0 Å². The summed E-state index contributed by atoms with van der Waals surface area (Å²) in [5.41, 5.74) is 3.66. The third-order valence-corrected chi connectivity index (χ3v) is 7.54. The van der Waals surface area contributed by atoms with Gasteiger partial charge in [0, 0.05) is 5.56 Å². The first-order chi connectivity index (χ1) is 21.3. The van der Waals surface area contributed by atoms with Crippen molar-refractivity contribution >= 4 is 51.0 Å². The lowest BCUT2D eigenvalue weighted by molar-refractivity contribution is -0.253. The van der Waals surface area contributed by atoms with Crippen LogP contribution in [0.15, 0.2) is 86.0 Å². The number of hydrogen-bond donors (Lipinski definition) is 5. The highest BCUT2D eigenvalue weighted by atomic mass is 32.2. The van der Waals surface area contributed by atoms with Crippen molar-refractivity contribution in [2.75, 3.05) is 0 Å². The molecular formula is C31H28N4O9S. The zero-order chi connectivity index (χ0) is 32.9. The van der Waals surface area contributed by atoms with Gasteiger partial charge >= 0.3 is 5.97 Å². The van der Waals surface area contributed by atoms with Crippen LogP contribution in [0.5, 0.6) is 11.5 Å². The molecule has 232 valence electrons. The molecule has 14 heteroatoms. The molecule has 4 aromatic rings. The zero-order valence-corrected chi connectivity index (χ0v) is 25.0. The van der Waals surface area contributed by atoms with Crippen molar-refractivity contribution in [2.45, 2.75) is 32.3 Å². The number of benzene rings is 4. The topological polar surface area (TPSA) is 211 Å². The predicted octanol–water partition coefficient (Wildman–Crippen LogP) is 7.96. The van der Waals surface area contributed by atoms with E-state index in [1.54, 1.807) is 44.2 Å². The van der Waals surface area contributed by atoms with Crippen LogP contribution in [-0.2, 0) is 21.6 Å². The molecule has 0 aromatic heterocycles. The minimum atomic E-state index is -4.64. The average Bonchev–Trinajstić information content (AvgIpc) is 2.98. The molecule has 0 atom stereocenters. The maximum absolute atomic E-state index is 12.2. The number of phenolic OH excluding ortho intramolecular Hbond substituents is 1. The summed E-state index contributed by atoms with van der Waals surface area (Å²) >= 11 is 0. The quantitative estimate of drug-likeness (QED) is 0.0376. The Morgan fingerprint density at radius 1 is 0.733 bits per heavy atom. The Labute approximate surface area is 257 Å². The van der Waals surface area contributed by atoms with E-state index in [1.165, 1.54) is 42.5 Å². The molecule has 0 unspecified atom stereocenters. The van der Waals surface area contributed by atoms with E-state index in [1.807, 2.05) is 6.92 Å². The van der Waals surface area contributed by atoms with Crippen molar-refractivity contribution in [3.05, 3.63) is 99.6 Å². The number of carboxylic acids is 1. The number of carboxylic acid groups (broad SMARTS) is 1. The summed E-state index contributed by atoms with van der Waals surface area (Å²) in [4.78, 5) is 15.1. The van der Waals surface area contributed by atoms with Gasteiger partial charge in [0.1, 0.15) is 28.6 Å². The maximum atomic E-state index is 12.2. The van der Waals surface area contributed by atoms with E-state index in [0.29, 0.717) is 22.5 Å². The molecule has 4 rings (SSSR count). The lowest BCUT2D eigenvalue weighted by Crippen LogP contribution is -2.00. The lowest BCUT2D eigenvalue weighted by atomic mass is 10.1. The van der Waals surface area contributed by atoms with Crippen molar-refractivity contribution < 1.29 is 43.2 Å². The number of aromatic hydroxyl groups is 2. The van der Waals surface area contributed by atoms with E-state index in [-0.39, 0.29) is 51.1 Å². The van der Waals surface area contributed by atoms with Gasteiger partial charge in [0.25, 0.3) is 10.1 Å². The van der Waals surface area contributed by atoms with E-state index in [0.717, 1.165) is 11.1 Å². The summed E-state index contributed by atoms with van der Waals surface area (Å²) in [6, 6.07) is 15.0. The highest BCUT2D eigenvalue weighted by molar-refractivity contribution is 7.86. The molecule has 0 bridgehead atoms. The van der Waals surface area contributed by atoms with Crippen LogP contribution in [0.25, 0.3) is 12.2 Å². The summed E-state index contributed by atoms with van der Waals surface area (Å²) in [6.45, 7) is 4.72. The molecule has 4 aromatic carbocycles. The Hall–Kier alpha value is -5.28. The summed E-state index contributed by atoms with van der Waals surface area (Å²) in [5.74, 6) is -1.69.